The van der Waals surface area contributed by atoms with Crippen LogP contribution in [0.4, 0.5) is 4.39 Å². The Balaban J connectivity index is 1.67. The van der Waals surface area contributed by atoms with Crippen LogP contribution in [0.2, 0.25) is 0 Å². The largest absolute Gasteiger partial charge is 0.345 e. The number of hydrogen-bond donors (Lipinski definition) is 1. The lowest BCUT2D eigenvalue weighted by molar-refractivity contribution is -0.116. The van der Waals surface area contributed by atoms with Crippen molar-refractivity contribution in [1.82, 2.24) is 14.9 Å². The lowest BCUT2D eigenvalue weighted by Crippen LogP contribution is -2.22. The third kappa shape index (κ3) is 3.54. The van der Waals surface area contributed by atoms with E-state index in [1.807, 2.05) is 35.9 Å². The van der Waals surface area contributed by atoms with Gasteiger partial charge in [-0.05, 0) is 36.4 Å². The van der Waals surface area contributed by atoms with Gasteiger partial charge in [0.2, 0.25) is 5.91 Å². The maximum absolute atomic E-state index is 13.6. The van der Waals surface area contributed by atoms with Gasteiger partial charge in [-0.3, -0.25) is 4.79 Å². The zero-order valence-corrected chi connectivity index (χ0v) is 14.5. The van der Waals surface area contributed by atoms with E-state index in [1.165, 1.54) is 18.2 Å². The number of fused-ring (bicyclic) bond motifs is 1. The lowest BCUT2D eigenvalue weighted by atomic mass is 10.2. The Labute approximate surface area is 147 Å². The minimum Gasteiger partial charge on any atom is -0.345 e. The number of halogens is 2. The quantitative estimate of drug-likeness (QED) is 0.692. The van der Waals surface area contributed by atoms with Crippen LogP contribution >= 0.6 is 15.9 Å². The predicted molar refractivity (Wildman–Crippen MR) is 95.7 cm³/mol. The number of aryl methyl sites for hydroxylation is 1. The number of aromatic nitrogens is 2. The summed E-state index contributed by atoms with van der Waals surface area (Å²) < 4.78 is 16.3. The molecule has 2 aromatic carbocycles. The van der Waals surface area contributed by atoms with Crippen LogP contribution in [0.1, 0.15) is 11.4 Å². The van der Waals surface area contributed by atoms with Gasteiger partial charge in [-0.2, -0.15) is 0 Å². The molecule has 0 unspecified atom stereocenters. The van der Waals surface area contributed by atoms with E-state index in [1.54, 1.807) is 12.1 Å². The van der Waals surface area contributed by atoms with Crippen molar-refractivity contribution in [3.63, 3.8) is 0 Å². The van der Waals surface area contributed by atoms with Crippen LogP contribution in [0.5, 0.6) is 0 Å². The van der Waals surface area contributed by atoms with Gasteiger partial charge in [-0.1, -0.05) is 28.1 Å². The number of carbonyl (C=O) groups is 1. The van der Waals surface area contributed by atoms with Gasteiger partial charge in [0, 0.05) is 23.2 Å². The third-order valence-corrected chi connectivity index (χ3v) is 4.17. The number of imidazole rings is 1. The van der Waals surface area contributed by atoms with Gasteiger partial charge in [0.25, 0.3) is 0 Å². The van der Waals surface area contributed by atoms with Crippen LogP contribution in [0.25, 0.3) is 17.1 Å². The number of benzene rings is 2. The molecule has 4 nitrogen and oxygen atoms in total. The first-order valence-corrected chi connectivity index (χ1v) is 8.15. The Morgan fingerprint density at radius 3 is 2.92 bits per heavy atom. The molecule has 0 saturated heterocycles. The molecule has 6 heteroatoms. The molecule has 24 heavy (non-hydrogen) atoms. The molecular formula is C18H15BrFN3O. The normalized spacial score (nSPS) is 11.3. The Bertz CT molecular complexity index is 933. The van der Waals surface area contributed by atoms with Gasteiger partial charge in [-0.25, -0.2) is 9.37 Å². The summed E-state index contributed by atoms with van der Waals surface area (Å²) in [4.78, 5) is 16.4. The second kappa shape index (κ2) is 6.97. The first-order chi connectivity index (χ1) is 11.5. The molecule has 1 N–H and O–H groups in total. The topological polar surface area (TPSA) is 46.9 Å². The van der Waals surface area contributed by atoms with E-state index in [0.717, 1.165) is 21.3 Å². The summed E-state index contributed by atoms with van der Waals surface area (Å²) in [5.41, 5.74) is 2.24. The van der Waals surface area contributed by atoms with Crippen molar-refractivity contribution >= 4 is 38.9 Å². The Hall–Kier alpha value is -2.47. The molecule has 0 aliphatic heterocycles. The van der Waals surface area contributed by atoms with Gasteiger partial charge in [0.1, 0.15) is 11.6 Å². The third-order valence-electron chi connectivity index (χ3n) is 3.67. The summed E-state index contributed by atoms with van der Waals surface area (Å²) in [6, 6.07) is 12.3. The Morgan fingerprint density at radius 1 is 1.33 bits per heavy atom. The van der Waals surface area contributed by atoms with Gasteiger partial charge >= 0.3 is 0 Å². The first-order valence-electron chi connectivity index (χ1n) is 7.36. The number of nitrogens with zero attached hydrogens (tertiary/aromatic N) is 2. The molecule has 1 amide bonds. The zero-order valence-electron chi connectivity index (χ0n) is 13.0. The molecule has 0 aliphatic carbocycles. The van der Waals surface area contributed by atoms with Crippen LogP contribution in [0.3, 0.4) is 0 Å². The summed E-state index contributed by atoms with van der Waals surface area (Å²) in [6.07, 6.45) is 2.76. The standard InChI is InChI=1S/C18H15BrFN3O/c1-23-16-5-3-2-4-15(16)22-17(23)11-21-18(24)9-6-12-10-13(19)7-8-14(12)20/h2-10H,11H2,1H3,(H,21,24)/b9-6+. The van der Waals surface area contributed by atoms with Gasteiger partial charge < -0.3 is 9.88 Å². The summed E-state index contributed by atoms with van der Waals surface area (Å²) in [6.45, 7) is 0.301. The van der Waals surface area contributed by atoms with Gasteiger partial charge in [0.15, 0.2) is 0 Å². The fourth-order valence-corrected chi connectivity index (χ4v) is 2.77. The number of para-hydroxylation sites is 2. The summed E-state index contributed by atoms with van der Waals surface area (Å²) in [5, 5.41) is 2.76. The first kappa shape index (κ1) is 16.4. The minimum absolute atomic E-state index is 0.301. The smallest absolute Gasteiger partial charge is 0.244 e. The highest BCUT2D eigenvalue weighted by atomic mass is 79.9. The maximum Gasteiger partial charge on any atom is 0.244 e. The monoisotopic (exact) mass is 387 g/mol. The predicted octanol–water partition coefficient (Wildman–Crippen LogP) is 3.80. The zero-order chi connectivity index (χ0) is 17.1. The fraction of sp³-hybridized carbons (Fsp3) is 0.111. The number of carbonyl (C=O) groups excluding carboxylic acids is 1. The van der Waals surface area contributed by atoms with E-state index in [-0.39, 0.29) is 11.7 Å². The number of amides is 1. The van der Waals surface area contributed by atoms with Crippen LogP contribution in [-0.4, -0.2) is 15.5 Å². The molecule has 1 aromatic heterocycles. The maximum atomic E-state index is 13.6. The molecule has 0 atom stereocenters. The molecule has 1 heterocycles. The molecule has 122 valence electrons. The summed E-state index contributed by atoms with van der Waals surface area (Å²) >= 11 is 3.28. The molecule has 3 aromatic rings. The summed E-state index contributed by atoms with van der Waals surface area (Å²) in [7, 11) is 1.91. The number of nitrogens with one attached hydrogen (secondary N) is 1. The van der Waals surface area contributed by atoms with E-state index < -0.39 is 0 Å². The highest BCUT2D eigenvalue weighted by Gasteiger charge is 2.07. The highest BCUT2D eigenvalue weighted by Crippen LogP contribution is 2.17. The second-order valence-corrected chi connectivity index (χ2v) is 6.21. The van der Waals surface area contributed by atoms with Crippen LogP contribution in [0.15, 0.2) is 53.0 Å². The molecule has 3 rings (SSSR count). The fourth-order valence-electron chi connectivity index (χ4n) is 2.39. The molecule has 0 saturated carbocycles. The summed E-state index contributed by atoms with van der Waals surface area (Å²) in [5.74, 6) is 0.0746. The average molecular weight is 388 g/mol. The second-order valence-electron chi connectivity index (χ2n) is 5.29. The van der Waals surface area contributed by atoms with Crippen molar-refractivity contribution in [3.05, 3.63) is 70.2 Å². The molecular weight excluding hydrogens is 373 g/mol. The molecule has 0 bridgehead atoms. The van der Waals surface area contributed by atoms with Crippen LogP contribution in [-0.2, 0) is 18.4 Å². The molecule has 0 spiro atoms. The Kier molecular flexibility index (Phi) is 4.76. The number of rotatable bonds is 4. The van der Waals surface area contributed by atoms with Gasteiger partial charge in [0.05, 0.1) is 17.6 Å². The lowest BCUT2D eigenvalue weighted by Gasteiger charge is -2.03. The van der Waals surface area contributed by atoms with Crippen molar-refractivity contribution in [2.24, 2.45) is 7.05 Å². The molecule has 0 radical (unpaired) electrons. The molecule has 0 fully saturated rings. The van der Waals surface area contributed by atoms with Crippen molar-refractivity contribution in [2.45, 2.75) is 6.54 Å². The van der Waals surface area contributed by atoms with Crippen LogP contribution < -0.4 is 5.32 Å². The van der Waals surface area contributed by atoms with Crippen molar-refractivity contribution in [2.75, 3.05) is 0 Å². The Morgan fingerprint density at radius 2 is 2.12 bits per heavy atom. The highest BCUT2D eigenvalue weighted by molar-refractivity contribution is 9.10. The van der Waals surface area contributed by atoms with E-state index >= 15 is 0 Å². The van der Waals surface area contributed by atoms with Crippen molar-refractivity contribution < 1.29 is 9.18 Å². The minimum atomic E-state index is -0.377. The van der Waals surface area contributed by atoms with E-state index in [2.05, 4.69) is 26.2 Å². The average Bonchev–Trinajstić information content (AvgIpc) is 2.90. The number of hydrogen-bond acceptors (Lipinski definition) is 2. The van der Waals surface area contributed by atoms with Gasteiger partial charge in [-0.15, -0.1) is 0 Å². The van der Waals surface area contributed by atoms with E-state index in [9.17, 15) is 9.18 Å². The molecule has 0 aliphatic rings. The van der Waals surface area contributed by atoms with Crippen molar-refractivity contribution in [1.29, 1.82) is 0 Å². The van der Waals surface area contributed by atoms with E-state index in [0.29, 0.717) is 12.1 Å². The van der Waals surface area contributed by atoms with Crippen molar-refractivity contribution in [3.8, 4) is 0 Å². The van der Waals surface area contributed by atoms with E-state index in [4.69, 9.17) is 0 Å². The SMILES string of the molecule is Cn1c(CNC(=O)/C=C/c2cc(Br)ccc2F)nc2ccccc21. The van der Waals surface area contributed by atoms with Crippen LogP contribution in [0, 0.1) is 5.82 Å².